The van der Waals surface area contributed by atoms with Gasteiger partial charge in [-0.2, -0.15) is 0 Å². The maximum absolute atomic E-state index is 11.0. The van der Waals surface area contributed by atoms with Crippen LogP contribution in [0.5, 0.6) is 0 Å². The van der Waals surface area contributed by atoms with Crippen LogP contribution < -0.4 is 0 Å². The number of carbonyl (C=O) groups is 1. The monoisotopic (exact) mass is 206 g/mol. The van der Waals surface area contributed by atoms with E-state index in [-0.39, 0.29) is 5.12 Å². The number of rotatable bonds is 2. The lowest BCUT2D eigenvalue weighted by Crippen LogP contribution is -2.11. The van der Waals surface area contributed by atoms with Gasteiger partial charge in [-0.1, -0.05) is 24.3 Å². The van der Waals surface area contributed by atoms with Crippen molar-refractivity contribution in [1.82, 2.24) is 0 Å². The first-order chi connectivity index (χ1) is 6.77. The van der Waals surface area contributed by atoms with E-state index in [9.17, 15) is 4.79 Å². The molecule has 2 heteroatoms. The molecule has 0 saturated heterocycles. The standard InChI is InChI=1S/C12H14OS/c13-12(14)8-10-6-3-5-9-4-1-2-7-11(9)10/h1-2,4,7,10H,3,5-6,8H2,(H,13,14). The molecule has 2 rings (SSSR count). The third-order valence-corrected chi connectivity index (χ3v) is 3.10. The lowest BCUT2D eigenvalue weighted by atomic mass is 9.81. The Kier molecular flexibility index (Phi) is 2.92. The molecule has 0 N–H and O–H groups in total. The molecule has 1 nitrogen and oxygen atoms in total. The minimum Gasteiger partial charge on any atom is -0.287 e. The number of benzene rings is 1. The lowest BCUT2D eigenvalue weighted by molar-refractivity contribution is -0.111. The molecule has 0 aliphatic heterocycles. The van der Waals surface area contributed by atoms with Crippen LogP contribution in [0.3, 0.4) is 0 Å². The molecule has 1 atom stereocenters. The summed E-state index contributed by atoms with van der Waals surface area (Å²) < 4.78 is 0. The Morgan fingerprint density at radius 1 is 1.43 bits per heavy atom. The largest absolute Gasteiger partial charge is 0.287 e. The minimum absolute atomic E-state index is 0.00621. The van der Waals surface area contributed by atoms with Gasteiger partial charge in [0.15, 0.2) is 5.12 Å². The number of hydrogen-bond donors (Lipinski definition) is 1. The molecule has 0 saturated carbocycles. The number of carbonyl (C=O) groups excluding carboxylic acids is 1. The van der Waals surface area contributed by atoms with Crippen LogP contribution in [0, 0.1) is 0 Å². The molecule has 1 aromatic carbocycles. The van der Waals surface area contributed by atoms with Crippen LogP contribution in [0.1, 0.15) is 36.3 Å². The average Bonchev–Trinajstić information content (AvgIpc) is 2.18. The van der Waals surface area contributed by atoms with E-state index in [1.165, 1.54) is 17.5 Å². The Morgan fingerprint density at radius 3 is 3.00 bits per heavy atom. The molecule has 0 spiro atoms. The van der Waals surface area contributed by atoms with Crippen LogP contribution >= 0.6 is 12.6 Å². The number of aryl methyl sites for hydroxylation is 1. The molecular weight excluding hydrogens is 192 g/mol. The molecule has 1 aliphatic carbocycles. The zero-order valence-corrected chi connectivity index (χ0v) is 8.97. The molecule has 0 aromatic heterocycles. The second-order valence-corrected chi connectivity index (χ2v) is 4.38. The average molecular weight is 206 g/mol. The van der Waals surface area contributed by atoms with Gasteiger partial charge in [0.25, 0.3) is 0 Å². The van der Waals surface area contributed by atoms with Crippen LogP contribution in [0.4, 0.5) is 0 Å². The molecule has 0 amide bonds. The zero-order valence-electron chi connectivity index (χ0n) is 8.07. The third kappa shape index (κ3) is 2.01. The van der Waals surface area contributed by atoms with Crippen LogP contribution in [-0.4, -0.2) is 5.12 Å². The smallest absolute Gasteiger partial charge is 0.186 e. The molecule has 0 radical (unpaired) electrons. The fraction of sp³-hybridized carbons (Fsp3) is 0.417. The van der Waals surface area contributed by atoms with E-state index in [1.807, 2.05) is 0 Å². The van der Waals surface area contributed by atoms with Gasteiger partial charge in [-0.05, 0) is 36.3 Å². The van der Waals surface area contributed by atoms with Gasteiger partial charge in [-0.15, -0.1) is 12.6 Å². The van der Waals surface area contributed by atoms with Crippen molar-refractivity contribution in [2.24, 2.45) is 0 Å². The topological polar surface area (TPSA) is 17.1 Å². The number of thiol groups is 1. The van der Waals surface area contributed by atoms with Crippen LogP contribution in [-0.2, 0) is 11.2 Å². The summed E-state index contributed by atoms with van der Waals surface area (Å²) in [7, 11) is 0. The van der Waals surface area contributed by atoms with E-state index in [2.05, 4.69) is 36.9 Å². The summed E-state index contributed by atoms with van der Waals surface area (Å²) in [5.41, 5.74) is 2.78. The van der Waals surface area contributed by atoms with E-state index >= 15 is 0 Å². The van der Waals surface area contributed by atoms with Crippen LogP contribution in [0.15, 0.2) is 24.3 Å². The molecule has 1 unspecified atom stereocenters. The molecule has 1 aromatic rings. The summed E-state index contributed by atoms with van der Waals surface area (Å²) in [4.78, 5) is 11.0. The first kappa shape index (κ1) is 9.78. The second kappa shape index (κ2) is 4.18. The highest BCUT2D eigenvalue weighted by Gasteiger charge is 2.20. The van der Waals surface area contributed by atoms with Crippen molar-refractivity contribution in [3.8, 4) is 0 Å². The van der Waals surface area contributed by atoms with Gasteiger partial charge in [0.2, 0.25) is 0 Å². The summed E-state index contributed by atoms with van der Waals surface area (Å²) in [6.45, 7) is 0. The van der Waals surface area contributed by atoms with Gasteiger partial charge < -0.3 is 0 Å². The van der Waals surface area contributed by atoms with Gasteiger partial charge in [-0.25, -0.2) is 0 Å². The Balaban J connectivity index is 2.26. The van der Waals surface area contributed by atoms with Crippen molar-refractivity contribution < 1.29 is 4.79 Å². The Morgan fingerprint density at radius 2 is 2.21 bits per heavy atom. The lowest BCUT2D eigenvalue weighted by Gasteiger charge is -2.24. The predicted octanol–water partition coefficient (Wildman–Crippen LogP) is 2.95. The van der Waals surface area contributed by atoms with E-state index in [4.69, 9.17) is 0 Å². The van der Waals surface area contributed by atoms with Gasteiger partial charge >= 0.3 is 0 Å². The van der Waals surface area contributed by atoms with Gasteiger partial charge in [0, 0.05) is 6.42 Å². The fourth-order valence-corrected chi connectivity index (χ4v) is 2.50. The molecule has 0 heterocycles. The quantitative estimate of drug-likeness (QED) is 0.736. The fourth-order valence-electron chi connectivity index (χ4n) is 2.28. The van der Waals surface area contributed by atoms with E-state index in [0.717, 1.165) is 12.8 Å². The highest BCUT2D eigenvalue weighted by Crippen LogP contribution is 2.34. The minimum atomic E-state index is 0.00621. The highest BCUT2D eigenvalue weighted by molar-refractivity contribution is 7.96. The summed E-state index contributed by atoms with van der Waals surface area (Å²) in [5, 5.41) is 0.00621. The van der Waals surface area contributed by atoms with Crippen molar-refractivity contribution >= 4 is 17.7 Å². The summed E-state index contributed by atoms with van der Waals surface area (Å²) >= 11 is 3.86. The maximum Gasteiger partial charge on any atom is 0.186 e. The predicted molar refractivity (Wildman–Crippen MR) is 60.7 cm³/mol. The zero-order chi connectivity index (χ0) is 9.97. The highest BCUT2D eigenvalue weighted by atomic mass is 32.1. The van der Waals surface area contributed by atoms with E-state index in [0.29, 0.717) is 12.3 Å². The molecular formula is C12H14OS. The van der Waals surface area contributed by atoms with Crippen molar-refractivity contribution in [2.75, 3.05) is 0 Å². The number of fused-ring (bicyclic) bond motifs is 1. The van der Waals surface area contributed by atoms with Crippen molar-refractivity contribution in [2.45, 2.75) is 31.6 Å². The summed E-state index contributed by atoms with van der Waals surface area (Å²) in [6.07, 6.45) is 4.07. The molecule has 1 aliphatic rings. The Bertz CT molecular complexity index is 346. The van der Waals surface area contributed by atoms with Crippen molar-refractivity contribution in [3.05, 3.63) is 35.4 Å². The molecule has 74 valence electrons. The van der Waals surface area contributed by atoms with Crippen molar-refractivity contribution in [3.63, 3.8) is 0 Å². The maximum atomic E-state index is 11.0. The molecule has 0 bridgehead atoms. The summed E-state index contributed by atoms with van der Waals surface area (Å²) in [6, 6.07) is 8.45. The van der Waals surface area contributed by atoms with Gasteiger partial charge in [0.05, 0.1) is 0 Å². The van der Waals surface area contributed by atoms with Crippen LogP contribution in [0.2, 0.25) is 0 Å². The molecule has 0 fully saturated rings. The Labute approximate surface area is 89.9 Å². The third-order valence-electron chi connectivity index (χ3n) is 2.91. The van der Waals surface area contributed by atoms with Crippen molar-refractivity contribution in [1.29, 1.82) is 0 Å². The normalized spacial score (nSPS) is 20.2. The second-order valence-electron chi connectivity index (χ2n) is 3.89. The van der Waals surface area contributed by atoms with Crippen LogP contribution in [0.25, 0.3) is 0 Å². The van der Waals surface area contributed by atoms with E-state index in [1.54, 1.807) is 0 Å². The summed E-state index contributed by atoms with van der Waals surface area (Å²) in [5.74, 6) is 0.407. The first-order valence-electron chi connectivity index (χ1n) is 5.07. The van der Waals surface area contributed by atoms with E-state index < -0.39 is 0 Å². The van der Waals surface area contributed by atoms with Gasteiger partial charge in [0.1, 0.15) is 0 Å². The number of hydrogen-bond acceptors (Lipinski definition) is 1. The molecule has 14 heavy (non-hydrogen) atoms. The van der Waals surface area contributed by atoms with Gasteiger partial charge in [-0.3, -0.25) is 4.79 Å². The Hall–Kier alpha value is -0.760. The first-order valence-corrected chi connectivity index (χ1v) is 5.51. The SMILES string of the molecule is O=C(S)CC1CCCc2ccccc21.